The number of halogens is 1. The molecule has 0 radical (unpaired) electrons. The first kappa shape index (κ1) is 8.35. The lowest BCUT2D eigenvalue weighted by atomic mass is 10.1. The largest absolute Gasteiger partial charge is 0.381 e. The molecule has 0 bridgehead atoms. The second-order valence-electron chi connectivity index (χ2n) is 3.24. The molecule has 0 aromatic heterocycles. The summed E-state index contributed by atoms with van der Waals surface area (Å²) in [6.07, 6.45) is 2.97. The normalized spacial score (nSPS) is 24.6. The molecule has 2 fully saturated rings. The van der Waals surface area contributed by atoms with Crippen molar-refractivity contribution >= 4 is 11.6 Å². The molecule has 0 amide bonds. The SMILES string of the molecule is CC1CC1.ClCC1COC1. The predicted octanol–water partition coefficient (Wildman–Crippen LogP) is 2.29. The summed E-state index contributed by atoms with van der Waals surface area (Å²) in [4.78, 5) is 0. The predicted molar refractivity (Wildman–Crippen MR) is 43.4 cm³/mol. The molecule has 0 aromatic rings. The zero-order chi connectivity index (χ0) is 7.40. The maximum atomic E-state index is 5.42. The second-order valence-corrected chi connectivity index (χ2v) is 3.55. The molecule has 0 N–H and O–H groups in total. The van der Waals surface area contributed by atoms with Crippen molar-refractivity contribution in [2.75, 3.05) is 19.1 Å². The summed E-state index contributed by atoms with van der Waals surface area (Å²) in [7, 11) is 0. The molecule has 1 saturated carbocycles. The van der Waals surface area contributed by atoms with Gasteiger partial charge in [0, 0.05) is 11.8 Å². The molecule has 0 aromatic carbocycles. The van der Waals surface area contributed by atoms with Crippen LogP contribution in [0.1, 0.15) is 19.8 Å². The van der Waals surface area contributed by atoms with Crippen LogP contribution in [-0.4, -0.2) is 19.1 Å². The lowest BCUT2D eigenvalue weighted by Gasteiger charge is -2.22. The monoisotopic (exact) mass is 162 g/mol. The summed E-state index contributed by atoms with van der Waals surface area (Å²) in [5.41, 5.74) is 0. The average molecular weight is 163 g/mol. The van der Waals surface area contributed by atoms with Gasteiger partial charge in [-0.15, -0.1) is 11.6 Å². The van der Waals surface area contributed by atoms with Crippen LogP contribution < -0.4 is 0 Å². The Bertz CT molecular complexity index is 84.5. The lowest BCUT2D eigenvalue weighted by Crippen LogP contribution is -2.28. The molecule has 0 unspecified atom stereocenters. The van der Waals surface area contributed by atoms with E-state index in [1.54, 1.807) is 0 Å². The van der Waals surface area contributed by atoms with Crippen molar-refractivity contribution in [3.05, 3.63) is 0 Å². The van der Waals surface area contributed by atoms with Gasteiger partial charge in [0.2, 0.25) is 0 Å². The molecule has 0 spiro atoms. The average Bonchev–Trinajstić information content (AvgIpc) is 2.49. The molecule has 1 nitrogen and oxygen atoms in total. The fraction of sp³-hybridized carbons (Fsp3) is 1.00. The topological polar surface area (TPSA) is 9.23 Å². The molecule has 10 heavy (non-hydrogen) atoms. The maximum Gasteiger partial charge on any atom is 0.0527 e. The molecule has 2 rings (SSSR count). The third-order valence-corrected chi connectivity index (χ3v) is 2.23. The summed E-state index contributed by atoms with van der Waals surface area (Å²) in [6, 6.07) is 0. The van der Waals surface area contributed by atoms with E-state index in [4.69, 9.17) is 16.3 Å². The molecule has 1 saturated heterocycles. The van der Waals surface area contributed by atoms with Gasteiger partial charge in [-0.05, 0) is 5.92 Å². The van der Waals surface area contributed by atoms with E-state index >= 15 is 0 Å². The Morgan fingerprint density at radius 3 is 1.90 bits per heavy atom. The van der Waals surface area contributed by atoms with E-state index in [1.807, 2.05) is 0 Å². The van der Waals surface area contributed by atoms with E-state index in [-0.39, 0.29) is 0 Å². The van der Waals surface area contributed by atoms with Gasteiger partial charge in [0.1, 0.15) is 0 Å². The Morgan fingerprint density at radius 1 is 1.40 bits per heavy atom. The van der Waals surface area contributed by atoms with Crippen molar-refractivity contribution < 1.29 is 4.74 Å². The Balaban J connectivity index is 0.000000108. The van der Waals surface area contributed by atoms with Crippen molar-refractivity contribution in [1.29, 1.82) is 0 Å². The molecular weight excluding hydrogens is 148 g/mol. The third-order valence-electron chi connectivity index (χ3n) is 1.79. The zero-order valence-corrected chi connectivity index (χ0v) is 7.23. The standard InChI is InChI=1S/C4H7ClO.C4H8/c5-1-4-2-6-3-4;1-4-2-3-4/h4H,1-3H2;4H,2-3H2,1H3. The third kappa shape index (κ3) is 3.43. The first-order valence-electron chi connectivity index (χ1n) is 3.96. The Labute approximate surface area is 67.7 Å². The lowest BCUT2D eigenvalue weighted by molar-refractivity contribution is -0.0203. The minimum Gasteiger partial charge on any atom is -0.381 e. The van der Waals surface area contributed by atoms with Crippen LogP contribution in [0.5, 0.6) is 0 Å². The van der Waals surface area contributed by atoms with Gasteiger partial charge in [0.05, 0.1) is 13.2 Å². The second kappa shape index (κ2) is 4.20. The van der Waals surface area contributed by atoms with E-state index in [9.17, 15) is 0 Å². The highest BCUT2D eigenvalue weighted by Gasteiger charge is 2.15. The molecule has 1 aliphatic carbocycles. The van der Waals surface area contributed by atoms with Crippen molar-refractivity contribution in [2.24, 2.45) is 11.8 Å². The van der Waals surface area contributed by atoms with Gasteiger partial charge >= 0.3 is 0 Å². The smallest absolute Gasteiger partial charge is 0.0527 e. The highest BCUT2D eigenvalue weighted by atomic mass is 35.5. The summed E-state index contributed by atoms with van der Waals surface area (Å²) in [5, 5.41) is 0. The van der Waals surface area contributed by atoms with E-state index in [1.165, 1.54) is 12.8 Å². The van der Waals surface area contributed by atoms with E-state index < -0.39 is 0 Å². The van der Waals surface area contributed by atoms with Crippen LogP contribution in [0.15, 0.2) is 0 Å². The quantitative estimate of drug-likeness (QED) is 0.538. The number of alkyl halides is 1. The van der Waals surface area contributed by atoms with E-state index in [0.717, 1.165) is 25.0 Å². The Kier molecular flexibility index (Phi) is 3.50. The van der Waals surface area contributed by atoms with Crippen LogP contribution in [0.4, 0.5) is 0 Å². The van der Waals surface area contributed by atoms with Crippen LogP contribution in [0, 0.1) is 11.8 Å². The van der Waals surface area contributed by atoms with Crippen LogP contribution in [0.3, 0.4) is 0 Å². The molecular formula is C8H15ClO. The molecule has 1 aliphatic heterocycles. The zero-order valence-electron chi connectivity index (χ0n) is 6.48. The number of hydrogen-bond acceptors (Lipinski definition) is 1. The summed E-state index contributed by atoms with van der Waals surface area (Å²) in [6.45, 7) is 4.03. The highest BCUT2D eigenvalue weighted by molar-refractivity contribution is 6.18. The highest BCUT2D eigenvalue weighted by Crippen LogP contribution is 2.26. The molecule has 0 atom stereocenters. The van der Waals surface area contributed by atoms with Gasteiger partial charge < -0.3 is 4.74 Å². The van der Waals surface area contributed by atoms with Crippen LogP contribution >= 0.6 is 11.6 Å². The maximum absolute atomic E-state index is 5.42. The van der Waals surface area contributed by atoms with Crippen molar-refractivity contribution in [1.82, 2.24) is 0 Å². The van der Waals surface area contributed by atoms with E-state index in [2.05, 4.69) is 6.92 Å². The first-order chi connectivity index (χ1) is 4.83. The summed E-state index contributed by atoms with van der Waals surface area (Å²) >= 11 is 5.42. The molecule has 2 heteroatoms. The van der Waals surface area contributed by atoms with Crippen molar-refractivity contribution in [3.8, 4) is 0 Å². The molecule has 60 valence electrons. The van der Waals surface area contributed by atoms with Gasteiger partial charge in [-0.1, -0.05) is 19.8 Å². The Morgan fingerprint density at radius 2 is 1.90 bits per heavy atom. The van der Waals surface area contributed by atoms with Gasteiger partial charge in [-0.2, -0.15) is 0 Å². The molecule has 2 aliphatic rings. The Hall–Kier alpha value is 0.250. The minimum absolute atomic E-state index is 0.659. The number of hydrogen-bond donors (Lipinski definition) is 0. The minimum atomic E-state index is 0.659. The van der Waals surface area contributed by atoms with Crippen molar-refractivity contribution in [3.63, 3.8) is 0 Å². The van der Waals surface area contributed by atoms with Crippen LogP contribution in [0.2, 0.25) is 0 Å². The number of ether oxygens (including phenoxy) is 1. The van der Waals surface area contributed by atoms with Crippen LogP contribution in [-0.2, 0) is 4.74 Å². The van der Waals surface area contributed by atoms with Gasteiger partial charge in [-0.25, -0.2) is 0 Å². The fourth-order valence-electron chi connectivity index (χ4n) is 0.540. The number of rotatable bonds is 1. The molecule has 1 heterocycles. The van der Waals surface area contributed by atoms with Gasteiger partial charge in [-0.3, -0.25) is 0 Å². The van der Waals surface area contributed by atoms with Crippen LogP contribution in [0.25, 0.3) is 0 Å². The fourth-order valence-corrected chi connectivity index (χ4v) is 0.718. The van der Waals surface area contributed by atoms with E-state index in [0.29, 0.717) is 5.92 Å². The van der Waals surface area contributed by atoms with Crippen molar-refractivity contribution in [2.45, 2.75) is 19.8 Å². The van der Waals surface area contributed by atoms with Gasteiger partial charge in [0.15, 0.2) is 0 Å². The van der Waals surface area contributed by atoms with Gasteiger partial charge in [0.25, 0.3) is 0 Å². The summed E-state index contributed by atoms with van der Waals surface area (Å²) in [5.74, 6) is 2.51. The summed E-state index contributed by atoms with van der Waals surface area (Å²) < 4.78 is 4.84. The first-order valence-corrected chi connectivity index (χ1v) is 4.50.